The number of likely N-dealkylation sites (N-methyl/N-ethyl adjacent to an activating group) is 1. The van der Waals surface area contributed by atoms with E-state index in [9.17, 15) is 0 Å². The van der Waals surface area contributed by atoms with E-state index in [4.69, 9.17) is 4.74 Å². The van der Waals surface area contributed by atoms with E-state index >= 15 is 0 Å². The minimum Gasteiger partial charge on any atom is -0.492 e. The van der Waals surface area contributed by atoms with Crippen molar-refractivity contribution >= 4 is 5.69 Å². The summed E-state index contributed by atoms with van der Waals surface area (Å²) in [5.41, 5.74) is 3.70. The van der Waals surface area contributed by atoms with Crippen LogP contribution in [-0.4, -0.2) is 27.7 Å². The third-order valence-electron chi connectivity index (χ3n) is 3.66. The Labute approximate surface area is 127 Å². The molecular formula is C18H24N2O. The lowest BCUT2D eigenvalue weighted by Gasteiger charge is -2.20. The summed E-state index contributed by atoms with van der Waals surface area (Å²) in [5.74, 6) is 0.898. The summed E-state index contributed by atoms with van der Waals surface area (Å²) in [4.78, 5) is 2.07. The average Bonchev–Trinajstić information content (AvgIpc) is 2.50. The van der Waals surface area contributed by atoms with E-state index in [-0.39, 0.29) is 6.04 Å². The molecule has 2 aromatic rings. The zero-order valence-electron chi connectivity index (χ0n) is 13.3. The molecular weight excluding hydrogens is 260 g/mol. The molecule has 3 nitrogen and oxygen atoms in total. The Bertz CT molecular complexity index is 581. The lowest BCUT2D eigenvalue weighted by molar-refractivity contribution is 0.273. The average molecular weight is 284 g/mol. The number of aryl methyl sites for hydroxylation is 1. The number of hydrogen-bond acceptors (Lipinski definition) is 3. The Balaban J connectivity index is 2.07. The van der Waals surface area contributed by atoms with Crippen LogP contribution in [0.25, 0.3) is 0 Å². The van der Waals surface area contributed by atoms with Crippen LogP contribution in [0.15, 0.2) is 48.5 Å². The molecule has 0 amide bonds. The summed E-state index contributed by atoms with van der Waals surface area (Å²) in [7, 11) is 6.03. The predicted molar refractivity (Wildman–Crippen MR) is 89.2 cm³/mol. The summed E-state index contributed by atoms with van der Waals surface area (Å²) in [6, 6.07) is 16.8. The van der Waals surface area contributed by atoms with Crippen molar-refractivity contribution in [2.75, 3.05) is 32.6 Å². The standard InChI is InChI=1S/C18H24N2O/c1-14-8-5-6-11-17(14)18(19-2)13-21-16-10-7-9-15(12-16)20(3)4/h5-12,18-19H,13H2,1-4H3. The number of nitrogens with one attached hydrogen (secondary N) is 1. The molecule has 0 spiro atoms. The highest BCUT2D eigenvalue weighted by molar-refractivity contribution is 5.49. The van der Waals surface area contributed by atoms with E-state index in [1.54, 1.807) is 0 Å². The SMILES string of the molecule is CNC(COc1cccc(N(C)C)c1)c1ccccc1C. The lowest BCUT2D eigenvalue weighted by atomic mass is 10.0. The quantitative estimate of drug-likeness (QED) is 0.880. The van der Waals surface area contributed by atoms with Crippen molar-refractivity contribution in [1.29, 1.82) is 0 Å². The first-order valence-corrected chi connectivity index (χ1v) is 7.25. The molecule has 0 fully saturated rings. The molecule has 0 radical (unpaired) electrons. The molecule has 0 saturated carbocycles. The first-order chi connectivity index (χ1) is 10.1. The van der Waals surface area contributed by atoms with Gasteiger partial charge in [-0.2, -0.15) is 0 Å². The predicted octanol–water partition coefficient (Wildman–Crippen LogP) is 3.40. The van der Waals surface area contributed by atoms with E-state index in [2.05, 4.69) is 53.5 Å². The highest BCUT2D eigenvalue weighted by atomic mass is 16.5. The lowest BCUT2D eigenvalue weighted by Crippen LogP contribution is -2.24. The molecule has 0 bridgehead atoms. The Hall–Kier alpha value is -2.00. The van der Waals surface area contributed by atoms with Gasteiger partial charge in [-0.1, -0.05) is 30.3 Å². The molecule has 0 aromatic heterocycles. The van der Waals surface area contributed by atoms with Gasteiger partial charge in [0.15, 0.2) is 0 Å². The maximum Gasteiger partial charge on any atom is 0.121 e. The maximum absolute atomic E-state index is 5.97. The van der Waals surface area contributed by atoms with Crippen LogP contribution in [0.1, 0.15) is 17.2 Å². The molecule has 0 aliphatic heterocycles. The van der Waals surface area contributed by atoms with Gasteiger partial charge in [-0.3, -0.25) is 0 Å². The van der Waals surface area contributed by atoms with Crippen molar-refractivity contribution in [1.82, 2.24) is 5.32 Å². The molecule has 1 unspecified atom stereocenters. The summed E-state index contributed by atoms with van der Waals surface area (Å²) >= 11 is 0. The molecule has 0 heterocycles. The number of nitrogens with zero attached hydrogens (tertiary/aromatic N) is 1. The molecule has 1 N–H and O–H groups in total. The van der Waals surface area contributed by atoms with Gasteiger partial charge in [-0.25, -0.2) is 0 Å². The minimum atomic E-state index is 0.189. The van der Waals surface area contributed by atoms with Crippen LogP contribution in [0.3, 0.4) is 0 Å². The van der Waals surface area contributed by atoms with Gasteiger partial charge in [0.2, 0.25) is 0 Å². The zero-order valence-corrected chi connectivity index (χ0v) is 13.3. The topological polar surface area (TPSA) is 24.5 Å². The van der Waals surface area contributed by atoms with Crippen LogP contribution in [0, 0.1) is 6.92 Å². The fraction of sp³-hybridized carbons (Fsp3) is 0.333. The van der Waals surface area contributed by atoms with E-state index in [0.717, 1.165) is 11.4 Å². The molecule has 0 saturated heterocycles. The van der Waals surface area contributed by atoms with Gasteiger partial charge < -0.3 is 15.0 Å². The van der Waals surface area contributed by atoms with Crippen molar-refractivity contribution < 1.29 is 4.74 Å². The second kappa shape index (κ2) is 7.14. The Morgan fingerprint density at radius 2 is 1.86 bits per heavy atom. The minimum absolute atomic E-state index is 0.189. The smallest absolute Gasteiger partial charge is 0.121 e. The highest BCUT2D eigenvalue weighted by Crippen LogP contribution is 2.22. The maximum atomic E-state index is 5.97. The van der Waals surface area contributed by atoms with E-state index in [1.165, 1.54) is 11.1 Å². The monoisotopic (exact) mass is 284 g/mol. The van der Waals surface area contributed by atoms with Gasteiger partial charge in [0.05, 0.1) is 6.04 Å². The van der Waals surface area contributed by atoms with Crippen LogP contribution in [0.5, 0.6) is 5.75 Å². The molecule has 2 rings (SSSR count). The molecule has 0 aliphatic rings. The Kier molecular flexibility index (Phi) is 5.23. The Morgan fingerprint density at radius 3 is 2.52 bits per heavy atom. The van der Waals surface area contributed by atoms with Crippen LogP contribution < -0.4 is 15.0 Å². The van der Waals surface area contributed by atoms with Crippen LogP contribution >= 0.6 is 0 Å². The summed E-state index contributed by atoms with van der Waals surface area (Å²) < 4.78 is 5.97. The van der Waals surface area contributed by atoms with Gasteiger partial charge in [-0.05, 0) is 37.2 Å². The number of rotatable bonds is 6. The Morgan fingerprint density at radius 1 is 1.10 bits per heavy atom. The molecule has 21 heavy (non-hydrogen) atoms. The van der Waals surface area contributed by atoms with Crippen LogP contribution in [0.2, 0.25) is 0 Å². The first kappa shape index (κ1) is 15.4. The van der Waals surface area contributed by atoms with Gasteiger partial charge in [0.25, 0.3) is 0 Å². The van der Waals surface area contributed by atoms with Gasteiger partial charge in [-0.15, -0.1) is 0 Å². The van der Waals surface area contributed by atoms with Crippen LogP contribution in [0.4, 0.5) is 5.69 Å². The fourth-order valence-electron chi connectivity index (χ4n) is 2.34. The molecule has 112 valence electrons. The van der Waals surface area contributed by atoms with Gasteiger partial charge >= 0.3 is 0 Å². The summed E-state index contributed by atoms with van der Waals surface area (Å²) in [6.45, 7) is 2.74. The van der Waals surface area contributed by atoms with E-state index in [0.29, 0.717) is 6.61 Å². The van der Waals surface area contributed by atoms with Gasteiger partial charge in [0.1, 0.15) is 12.4 Å². The third-order valence-corrected chi connectivity index (χ3v) is 3.66. The normalized spacial score (nSPS) is 12.0. The van der Waals surface area contributed by atoms with Crippen LogP contribution in [-0.2, 0) is 0 Å². The van der Waals surface area contributed by atoms with Gasteiger partial charge in [0, 0.05) is 25.8 Å². The number of benzene rings is 2. The van der Waals surface area contributed by atoms with E-state index in [1.807, 2.05) is 33.3 Å². The summed E-state index contributed by atoms with van der Waals surface area (Å²) in [5, 5.41) is 3.33. The first-order valence-electron chi connectivity index (χ1n) is 7.25. The second-order valence-corrected chi connectivity index (χ2v) is 5.40. The van der Waals surface area contributed by atoms with E-state index < -0.39 is 0 Å². The number of anilines is 1. The third kappa shape index (κ3) is 3.99. The molecule has 3 heteroatoms. The summed E-state index contributed by atoms with van der Waals surface area (Å²) in [6.07, 6.45) is 0. The number of ether oxygens (including phenoxy) is 1. The highest BCUT2D eigenvalue weighted by Gasteiger charge is 2.12. The number of hydrogen-bond donors (Lipinski definition) is 1. The molecule has 2 aromatic carbocycles. The van der Waals surface area contributed by atoms with Crippen molar-refractivity contribution in [3.05, 3.63) is 59.7 Å². The van der Waals surface area contributed by atoms with Crippen molar-refractivity contribution in [3.8, 4) is 5.75 Å². The molecule has 1 atom stereocenters. The largest absolute Gasteiger partial charge is 0.492 e. The van der Waals surface area contributed by atoms with Crippen molar-refractivity contribution in [2.24, 2.45) is 0 Å². The van der Waals surface area contributed by atoms with Crippen molar-refractivity contribution in [2.45, 2.75) is 13.0 Å². The fourth-order valence-corrected chi connectivity index (χ4v) is 2.34. The zero-order chi connectivity index (χ0) is 15.2. The second-order valence-electron chi connectivity index (χ2n) is 5.40. The molecule has 0 aliphatic carbocycles. The van der Waals surface area contributed by atoms with Crippen molar-refractivity contribution in [3.63, 3.8) is 0 Å².